The predicted octanol–water partition coefficient (Wildman–Crippen LogP) is 1.17. The minimum Gasteiger partial charge on any atom is -0.432 e. The Hall–Kier alpha value is -0.730. The molecule has 0 aromatic heterocycles. The summed E-state index contributed by atoms with van der Waals surface area (Å²) in [5.41, 5.74) is 5.72. The lowest BCUT2D eigenvalue weighted by Gasteiger charge is -2.06. The summed E-state index contributed by atoms with van der Waals surface area (Å²) >= 11 is 0. The van der Waals surface area contributed by atoms with Crippen molar-refractivity contribution < 1.29 is 9.31 Å². The van der Waals surface area contributed by atoms with E-state index < -0.39 is 0 Å². The number of hydrogen-bond acceptors (Lipinski definition) is 1. The fraction of sp³-hybridized carbons (Fsp3) is 0.889. The van der Waals surface area contributed by atoms with Crippen LogP contribution in [0, 0.1) is 0 Å². The molecule has 3 nitrogen and oxygen atoms in total. The van der Waals surface area contributed by atoms with E-state index in [2.05, 4.69) is 25.3 Å². The van der Waals surface area contributed by atoms with Gasteiger partial charge in [0.25, 0.3) is 0 Å². The normalized spacial score (nSPS) is 12.6. The van der Waals surface area contributed by atoms with Crippen molar-refractivity contribution in [3.63, 3.8) is 0 Å². The van der Waals surface area contributed by atoms with Gasteiger partial charge in [-0.15, -0.1) is 0 Å². The molecule has 72 valence electrons. The van der Waals surface area contributed by atoms with Crippen LogP contribution in [-0.2, 0) is 4.74 Å². The summed E-state index contributed by atoms with van der Waals surface area (Å²) in [6, 6.07) is 0.571. The second-order valence-corrected chi connectivity index (χ2v) is 2.77. The van der Waals surface area contributed by atoms with Gasteiger partial charge in [-0.2, -0.15) is 0 Å². The van der Waals surface area contributed by atoms with Crippen molar-refractivity contribution in [1.82, 2.24) is 0 Å². The van der Waals surface area contributed by atoms with Gasteiger partial charge in [0.1, 0.15) is 0 Å². The molecule has 0 bridgehead atoms. The molecule has 0 aliphatic rings. The van der Waals surface area contributed by atoms with E-state index >= 15 is 0 Å². The quantitative estimate of drug-likeness (QED) is 0.385. The summed E-state index contributed by atoms with van der Waals surface area (Å²) in [5.74, 6) is 0. The Kier molecular flexibility index (Phi) is 6.53. The Morgan fingerprint density at radius 1 is 1.25 bits per heavy atom. The van der Waals surface area contributed by atoms with Gasteiger partial charge >= 0.3 is 6.02 Å². The van der Waals surface area contributed by atoms with Crippen LogP contribution in [0.5, 0.6) is 0 Å². The Labute approximate surface area is 75.2 Å². The molecule has 0 atom stereocenters. The Morgan fingerprint density at radius 2 is 1.92 bits per heavy atom. The summed E-state index contributed by atoms with van der Waals surface area (Å²) in [6.45, 7) is 8.90. The summed E-state index contributed by atoms with van der Waals surface area (Å²) in [6.07, 6.45) is 2.11. The molecule has 0 spiro atoms. The molecule has 0 aliphatic heterocycles. The van der Waals surface area contributed by atoms with Crippen molar-refractivity contribution in [2.24, 2.45) is 5.73 Å². The highest BCUT2D eigenvalue weighted by Gasteiger charge is 2.05. The molecule has 0 saturated carbocycles. The van der Waals surface area contributed by atoms with Gasteiger partial charge in [0.05, 0.1) is 19.7 Å². The van der Waals surface area contributed by atoms with Crippen molar-refractivity contribution in [1.29, 1.82) is 0 Å². The van der Waals surface area contributed by atoms with Crippen LogP contribution in [0.15, 0.2) is 0 Å². The smallest absolute Gasteiger partial charge is 0.432 e. The molecule has 0 aromatic rings. The topological polar surface area (TPSA) is 38.3 Å². The van der Waals surface area contributed by atoms with Crippen LogP contribution in [0.3, 0.4) is 0 Å². The van der Waals surface area contributed by atoms with Crippen molar-refractivity contribution in [2.45, 2.75) is 33.6 Å². The second kappa shape index (κ2) is 6.95. The number of nitrogens with zero attached hydrogens (tertiary/aromatic N) is 1. The van der Waals surface area contributed by atoms with E-state index in [1.165, 1.54) is 0 Å². The highest BCUT2D eigenvalue weighted by molar-refractivity contribution is 5.65. The molecule has 0 saturated heterocycles. The number of hydrogen-bond donors (Lipinski definition) is 1. The van der Waals surface area contributed by atoms with Gasteiger partial charge < -0.3 is 4.74 Å². The van der Waals surface area contributed by atoms with E-state index in [1.807, 2.05) is 0 Å². The number of rotatable bonds is 5. The number of ether oxygens (including phenoxy) is 1. The fourth-order valence-corrected chi connectivity index (χ4v) is 0.992. The van der Waals surface area contributed by atoms with E-state index in [-0.39, 0.29) is 0 Å². The van der Waals surface area contributed by atoms with Crippen molar-refractivity contribution in [2.75, 3.05) is 19.7 Å². The third-order valence-electron chi connectivity index (χ3n) is 1.64. The minimum atomic E-state index is 0.571. The fourth-order valence-electron chi connectivity index (χ4n) is 0.992. The lowest BCUT2D eigenvalue weighted by atomic mass is 10.4. The zero-order valence-corrected chi connectivity index (χ0v) is 8.47. The van der Waals surface area contributed by atoms with E-state index in [1.54, 1.807) is 0 Å². The van der Waals surface area contributed by atoms with Crippen LogP contribution in [0.4, 0.5) is 0 Å². The van der Waals surface area contributed by atoms with Crippen LogP contribution in [0.25, 0.3) is 0 Å². The highest BCUT2D eigenvalue weighted by atomic mass is 16.5. The van der Waals surface area contributed by atoms with Crippen LogP contribution in [0.2, 0.25) is 0 Å². The molecule has 0 aliphatic carbocycles. The maximum absolute atomic E-state index is 5.72. The van der Waals surface area contributed by atoms with Crippen LogP contribution in [-0.4, -0.2) is 30.3 Å². The van der Waals surface area contributed by atoms with Gasteiger partial charge in [-0.05, 0) is 19.8 Å². The average molecular weight is 173 g/mol. The maximum Gasteiger partial charge on any atom is 0.441 e. The zero-order chi connectivity index (χ0) is 9.40. The summed E-state index contributed by atoms with van der Waals surface area (Å²) in [4.78, 5) is 0. The van der Waals surface area contributed by atoms with Gasteiger partial charge in [-0.1, -0.05) is 13.8 Å². The van der Waals surface area contributed by atoms with Crippen molar-refractivity contribution in [3.05, 3.63) is 0 Å². The van der Waals surface area contributed by atoms with Gasteiger partial charge in [0.2, 0.25) is 0 Å². The standard InChI is InChI=1S/C9H20N2O/c1-4-7-11(6-3)9(10)12-8-5-2/h10H,4-8H2,1-3H3/p+1. The molecule has 0 heterocycles. The maximum atomic E-state index is 5.72. The lowest BCUT2D eigenvalue weighted by molar-refractivity contribution is -0.533. The van der Waals surface area contributed by atoms with Gasteiger partial charge in [0.15, 0.2) is 0 Å². The van der Waals surface area contributed by atoms with Gasteiger partial charge in [-0.3, -0.25) is 5.73 Å². The van der Waals surface area contributed by atoms with Crippen LogP contribution < -0.4 is 5.73 Å². The summed E-state index contributed by atoms with van der Waals surface area (Å²) in [7, 11) is 0. The first-order valence-corrected chi connectivity index (χ1v) is 4.76. The molecule has 2 N–H and O–H groups in total. The molecule has 0 fully saturated rings. The van der Waals surface area contributed by atoms with Gasteiger partial charge in [0, 0.05) is 0 Å². The molecule has 0 radical (unpaired) electrons. The molecule has 0 rings (SSSR count). The largest absolute Gasteiger partial charge is 0.441 e. The Bertz CT molecular complexity index is 143. The number of amidine groups is 1. The first-order chi connectivity index (χ1) is 5.76. The highest BCUT2D eigenvalue weighted by Crippen LogP contribution is 1.85. The molecule has 12 heavy (non-hydrogen) atoms. The SMILES string of the molecule is CCCOC(N)=[N+](CC)CCC. The molecular formula is C9H21N2O+. The second-order valence-electron chi connectivity index (χ2n) is 2.77. The Balaban J connectivity index is 3.97. The minimum absolute atomic E-state index is 0.571. The third-order valence-corrected chi connectivity index (χ3v) is 1.64. The monoisotopic (exact) mass is 173 g/mol. The van der Waals surface area contributed by atoms with Gasteiger partial charge in [-0.25, -0.2) is 4.58 Å². The molecule has 0 unspecified atom stereocenters. The molecular weight excluding hydrogens is 152 g/mol. The van der Waals surface area contributed by atoms with Crippen molar-refractivity contribution >= 4 is 6.02 Å². The molecule has 0 amide bonds. The molecule has 0 aromatic carbocycles. The zero-order valence-electron chi connectivity index (χ0n) is 8.47. The summed E-state index contributed by atoms with van der Waals surface area (Å²) < 4.78 is 7.37. The Morgan fingerprint density at radius 3 is 2.33 bits per heavy atom. The van der Waals surface area contributed by atoms with Crippen LogP contribution in [0.1, 0.15) is 33.6 Å². The number of nitrogens with two attached hydrogens (primary N) is 1. The van der Waals surface area contributed by atoms with Crippen molar-refractivity contribution in [3.8, 4) is 0 Å². The predicted molar refractivity (Wildman–Crippen MR) is 51.4 cm³/mol. The first kappa shape index (κ1) is 11.3. The van der Waals surface area contributed by atoms with E-state index in [9.17, 15) is 0 Å². The van der Waals surface area contributed by atoms with E-state index in [4.69, 9.17) is 10.5 Å². The van der Waals surface area contributed by atoms with E-state index in [0.29, 0.717) is 12.6 Å². The molecule has 3 heteroatoms. The van der Waals surface area contributed by atoms with Crippen LogP contribution >= 0.6 is 0 Å². The van der Waals surface area contributed by atoms with E-state index in [0.717, 1.165) is 25.9 Å². The lowest BCUT2D eigenvalue weighted by Crippen LogP contribution is -2.31. The third kappa shape index (κ3) is 4.21. The summed E-state index contributed by atoms with van der Waals surface area (Å²) in [5, 5.41) is 0. The first-order valence-electron chi connectivity index (χ1n) is 4.76. The average Bonchev–Trinajstić information content (AvgIpc) is 2.10.